The molecule has 5 nitrogen and oxygen atoms in total. The number of hydrogen-bond donors (Lipinski definition) is 1. The Bertz CT molecular complexity index is 489. The first-order chi connectivity index (χ1) is 9.14. The van der Waals surface area contributed by atoms with Gasteiger partial charge in [-0.25, -0.2) is 0 Å². The normalized spacial score (nSPS) is 20.2. The Morgan fingerprint density at radius 2 is 2.11 bits per heavy atom. The van der Waals surface area contributed by atoms with Crippen LogP contribution in [0.3, 0.4) is 0 Å². The van der Waals surface area contributed by atoms with Gasteiger partial charge >= 0.3 is 0 Å². The summed E-state index contributed by atoms with van der Waals surface area (Å²) in [6.07, 6.45) is -0.321. The van der Waals surface area contributed by atoms with Gasteiger partial charge in [-0.15, -0.1) is 0 Å². The van der Waals surface area contributed by atoms with E-state index in [1.54, 1.807) is 32.4 Å². The van der Waals surface area contributed by atoms with Crippen LogP contribution in [0, 0.1) is 11.3 Å². The van der Waals surface area contributed by atoms with Gasteiger partial charge in [0, 0.05) is 26.2 Å². The largest absolute Gasteiger partial charge is 0.482 e. The van der Waals surface area contributed by atoms with Gasteiger partial charge in [0.1, 0.15) is 5.75 Å². The molecule has 2 rings (SSSR count). The van der Waals surface area contributed by atoms with Gasteiger partial charge in [-0.05, 0) is 18.2 Å². The molecule has 1 atom stereocenters. The molecular weight excluding hydrogens is 246 g/mol. The third-order valence-corrected chi connectivity index (χ3v) is 3.20. The maximum atomic E-state index is 10.3. The highest BCUT2D eigenvalue weighted by molar-refractivity contribution is 5.45. The molecule has 1 aliphatic heterocycles. The molecule has 0 amide bonds. The van der Waals surface area contributed by atoms with Crippen molar-refractivity contribution < 1.29 is 19.3 Å². The molecule has 102 valence electrons. The van der Waals surface area contributed by atoms with E-state index in [1.807, 2.05) is 0 Å². The third kappa shape index (κ3) is 2.71. The second-order valence-corrected chi connectivity index (χ2v) is 4.74. The average Bonchev–Trinajstić information content (AvgIpc) is 2.39. The molecule has 0 aromatic heterocycles. The first-order valence-electron chi connectivity index (χ1n) is 6.03. The predicted octanol–water partition coefficient (Wildman–Crippen LogP) is 1.41. The molecular formula is C14H17NO4. The Morgan fingerprint density at radius 3 is 2.68 bits per heavy atom. The molecule has 1 heterocycles. The van der Waals surface area contributed by atoms with Crippen LogP contribution in [-0.4, -0.2) is 38.1 Å². The highest BCUT2D eigenvalue weighted by Gasteiger charge is 2.41. The van der Waals surface area contributed by atoms with E-state index < -0.39 is 11.7 Å². The molecule has 0 radical (unpaired) electrons. The molecule has 1 aromatic carbocycles. The van der Waals surface area contributed by atoms with Gasteiger partial charge in [0.15, 0.2) is 5.60 Å². The molecule has 0 saturated carbocycles. The van der Waals surface area contributed by atoms with Crippen LogP contribution in [0.25, 0.3) is 0 Å². The first-order valence-corrected chi connectivity index (χ1v) is 6.03. The maximum Gasteiger partial charge on any atom is 0.158 e. The van der Waals surface area contributed by atoms with Crippen LogP contribution in [0.4, 0.5) is 0 Å². The summed E-state index contributed by atoms with van der Waals surface area (Å²) in [5.74, 6) is 0.576. The van der Waals surface area contributed by atoms with Gasteiger partial charge in [0.05, 0.1) is 31.0 Å². The summed E-state index contributed by atoms with van der Waals surface area (Å²) in [5.41, 5.74) is 0.457. The van der Waals surface area contributed by atoms with E-state index >= 15 is 0 Å². The number of aliphatic hydroxyl groups is 1. The summed E-state index contributed by atoms with van der Waals surface area (Å²) in [5, 5.41) is 19.2. The van der Waals surface area contributed by atoms with Crippen molar-refractivity contribution in [3.63, 3.8) is 0 Å². The molecule has 0 saturated heterocycles. The van der Waals surface area contributed by atoms with Crippen molar-refractivity contribution in [1.29, 1.82) is 5.26 Å². The predicted molar refractivity (Wildman–Crippen MR) is 67.8 cm³/mol. The quantitative estimate of drug-likeness (QED) is 0.889. The van der Waals surface area contributed by atoms with Crippen LogP contribution in [0.2, 0.25) is 0 Å². The van der Waals surface area contributed by atoms with Crippen molar-refractivity contribution >= 4 is 0 Å². The van der Waals surface area contributed by atoms with Gasteiger partial charge in [-0.3, -0.25) is 0 Å². The lowest BCUT2D eigenvalue weighted by Gasteiger charge is -2.39. The fourth-order valence-electron chi connectivity index (χ4n) is 2.45. The zero-order valence-corrected chi connectivity index (χ0v) is 11.0. The van der Waals surface area contributed by atoms with Crippen molar-refractivity contribution in [3.8, 4) is 11.8 Å². The maximum absolute atomic E-state index is 10.3. The minimum Gasteiger partial charge on any atom is -0.482 e. The van der Waals surface area contributed by atoms with Crippen LogP contribution in [0.5, 0.6) is 5.75 Å². The molecule has 5 heteroatoms. The fraction of sp³-hybridized carbons (Fsp3) is 0.500. The lowest BCUT2D eigenvalue weighted by Crippen LogP contribution is -2.48. The molecule has 0 aliphatic carbocycles. The van der Waals surface area contributed by atoms with E-state index in [9.17, 15) is 5.11 Å². The van der Waals surface area contributed by atoms with Crippen LogP contribution in [-0.2, 0) is 9.47 Å². The first kappa shape index (κ1) is 13.8. The number of hydrogen-bond acceptors (Lipinski definition) is 5. The smallest absolute Gasteiger partial charge is 0.158 e. The molecule has 0 spiro atoms. The Labute approximate surface area is 112 Å². The zero-order valence-electron chi connectivity index (χ0n) is 11.0. The number of benzene rings is 1. The van der Waals surface area contributed by atoms with E-state index in [2.05, 4.69) is 6.07 Å². The van der Waals surface area contributed by atoms with E-state index in [-0.39, 0.29) is 0 Å². The highest BCUT2D eigenvalue weighted by atomic mass is 16.6. The average molecular weight is 263 g/mol. The summed E-state index contributed by atoms with van der Waals surface area (Å²) >= 11 is 0. The van der Waals surface area contributed by atoms with Crippen molar-refractivity contribution in [3.05, 3.63) is 29.3 Å². The fourth-order valence-corrected chi connectivity index (χ4v) is 2.45. The minimum absolute atomic E-state index is 0.331. The topological polar surface area (TPSA) is 71.7 Å². The summed E-state index contributed by atoms with van der Waals surface area (Å²) in [6.45, 7) is 0.661. The number of fused-ring (bicyclic) bond motifs is 1. The molecule has 19 heavy (non-hydrogen) atoms. The Hall–Kier alpha value is -1.61. The number of ether oxygens (including phenoxy) is 3. The number of nitriles is 1. The lowest BCUT2D eigenvalue weighted by molar-refractivity contribution is -0.0965. The molecule has 0 fully saturated rings. The van der Waals surface area contributed by atoms with Gasteiger partial charge in [-0.1, -0.05) is 0 Å². The van der Waals surface area contributed by atoms with Crippen molar-refractivity contribution in [2.45, 2.75) is 18.1 Å². The molecule has 0 unspecified atom stereocenters. The molecule has 1 aromatic rings. The standard InChI is InChI=1S/C14H17NO4/c1-17-8-14(9-18-2)6-12(16)11-5-10(7-15)3-4-13(11)19-14/h3-5,12,16H,6,8-9H2,1-2H3/t12-/m0/s1. The number of rotatable bonds is 4. The third-order valence-electron chi connectivity index (χ3n) is 3.20. The molecule has 0 bridgehead atoms. The lowest BCUT2D eigenvalue weighted by atomic mass is 9.89. The van der Waals surface area contributed by atoms with E-state index in [0.29, 0.717) is 36.5 Å². The van der Waals surface area contributed by atoms with Gasteiger partial charge in [-0.2, -0.15) is 5.26 Å². The number of nitrogens with zero attached hydrogens (tertiary/aromatic N) is 1. The van der Waals surface area contributed by atoms with Crippen molar-refractivity contribution in [2.75, 3.05) is 27.4 Å². The molecule has 1 aliphatic rings. The second kappa shape index (κ2) is 5.57. The number of aliphatic hydroxyl groups excluding tert-OH is 1. The van der Waals surface area contributed by atoms with Crippen LogP contribution in [0.1, 0.15) is 23.7 Å². The van der Waals surface area contributed by atoms with E-state index in [0.717, 1.165) is 0 Å². The Balaban J connectivity index is 2.35. The zero-order chi connectivity index (χ0) is 13.9. The SMILES string of the molecule is COCC1(COC)C[C@H](O)c2cc(C#N)ccc2O1. The summed E-state index contributed by atoms with van der Waals surface area (Å²) < 4.78 is 16.3. The minimum atomic E-state index is -0.692. The summed E-state index contributed by atoms with van der Waals surface area (Å²) in [6, 6.07) is 7.08. The van der Waals surface area contributed by atoms with E-state index in [4.69, 9.17) is 19.5 Å². The summed E-state index contributed by atoms with van der Waals surface area (Å²) in [7, 11) is 3.17. The second-order valence-electron chi connectivity index (χ2n) is 4.74. The van der Waals surface area contributed by atoms with E-state index in [1.165, 1.54) is 0 Å². The number of methoxy groups -OCH3 is 2. The van der Waals surface area contributed by atoms with Gasteiger partial charge in [0.2, 0.25) is 0 Å². The highest BCUT2D eigenvalue weighted by Crippen LogP contribution is 2.40. The molecule has 1 N–H and O–H groups in total. The summed E-state index contributed by atoms with van der Waals surface area (Å²) in [4.78, 5) is 0. The monoisotopic (exact) mass is 263 g/mol. The Kier molecular flexibility index (Phi) is 4.05. The van der Waals surface area contributed by atoms with Gasteiger partial charge in [0.25, 0.3) is 0 Å². The van der Waals surface area contributed by atoms with Crippen LogP contribution < -0.4 is 4.74 Å². The van der Waals surface area contributed by atoms with Crippen molar-refractivity contribution in [2.24, 2.45) is 0 Å². The van der Waals surface area contributed by atoms with Gasteiger partial charge < -0.3 is 19.3 Å². The van der Waals surface area contributed by atoms with Crippen LogP contribution in [0.15, 0.2) is 18.2 Å². The van der Waals surface area contributed by atoms with Crippen molar-refractivity contribution in [1.82, 2.24) is 0 Å². The Morgan fingerprint density at radius 1 is 1.42 bits per heavy atom. The van der Waals surface area contributed by atoms with Crippen LogP contribution >= 0.6 is 0 Å².